The number of methoxy groups -OCH3 is 3. The van der Waals surface area contributed by atoms with Crippen molar-refractivity contribution in [2.75, 3.05) is 27.9 Å². The summed E-state index contributed by atoms with van der Waals surface area (Å²) in [6, 6.07) is 0. The standard InChI is InChI=1S/C17H25NO8/c1-9(2)12-16(14(20)23-4,15(21)24-5)6-10-8-25-18-17(10,12)7-11(26-18)13(19)22-3/h9-12H,6-8H2,1-5H3/t10-,11+,12+,17+/m0/s1. The molecule has 1 saturated carbocycles. The molecule has 0 unspecified atom stereocenters. The minimum Gasteiger partial charge on any atom is -0.468 e. The Bertz CT molecular complexity index is 604. The van der Waals surface area contributed by atoms with E-state index >= 15 is 0 Å². The van der Waals surface area contributed by atoms with Gasteiger partial charge >= 0.3 is 17.9 Å². The number of hydroxylamine groups is 2. The van der Waals surface area contributed by atoms with Crippen LogP contribution in [0.1, 0.15) is 26.7 Å². The maximum Gasteiger partial charge on any atom is 0.337 e. The van der Waals surface area contributed by atoms with E-state index in [0.717, 1.165) is 0 Å². The quantitative estimate of drug-likeness (QED) is 0.396. The summed E-state index contributed by atoms with van der Waals surface area (Å²) in [5.74, 6) is -2.60. The Morgan fingerprint density at radius 2 is 1.65 bits per heavy atom. The Morgan fingerprint density at radius 1 is 1.04 bits per heavy atom. The third kappa shape index (κ3) is 2.23. The molecule has 9 heteroatoms. The van der Waals surface area contributed by atoms with Crippen molar-refractivity contribution in [3.8, 4) is 0 Å². The highest BCUT2D eigenvalue weighted by atomic mass is 17.0. The van der Waals surface area contributed by atoms with E-state index in [-0.39, 0.29) is 31.3 Å². The summed E-state index contributed by atoms with van der Waals surface area (Å²) in [5, 5.41) is 1.32. The molecule has 146 valence electrons. The molecule has 9 nitrogen and oxygen atoms in total. The average molecular weight is 371 g/mol. The lowest BCUT2D eigenvalue weighted by Gasteiger charge is -2.41. The van der Waals surface area contributed by atoms with Crippen molar-refractivity contribution in [2.45, 2.75) is 38.3 Å². The minimum atomic E-state index is -1.47. The number of rotatable bonds is 4. The molecule has 0 aromatic rings. The molecule has 2 heterocycles. The second-order valence-electron chi connectivity index (χ2n) is 7.44. The van der Waals surface area contributed by atoms with Crippen LogP contribution in [-0.4, -0.2) is 62.7 Å². The second kappa shape index (κ2) is 6.47. The fourth-order valence-corrected chi connectivity index (χ4v) is 5.34. The maximum absolute atomic E-state index is 12.8. The number of carbonyl (C=O) groups is 3. The van der Waals surface area contributed by atoms with Gasteiger partial charge in [0.25, 0.3) is 0 Å². The van der Waals surface area contributed by atoms with E-state index in [1.54, 1.807) is 0 Å². The number of hydrogen-bond donors (Lipinski definition) is 0. The normalized spacial score (nSPS) is 35.1. The van der Waals surface area contributed by atoms with Gasteiger partial charge in [-0.3, -0.25) is 19.3 Å². The first-order chi connectivity index (χ1) is 12.3. The Balaban J connectivity index is 2.12. The van der Waals surface area contributed by atoms with Crippen LogP contribution < -0.4 is 0 Å². The van der Waals surface area contributed by atoms with Crippen LogP contribution in [0.2, 0.25) is 0 Å². The molecule has 0 aromatic heterocycles. The lowest BCUT2D eigenvalue weighted by molar-refractivity contribution is -0.364. The monoisotopic (exact) mass is 371 g/mol. The molecular weight excluding hydrogens is 346 g/mol. The first-order valence-corrected chi connectivity index (χ1v) is 8.64. The number of esters is 3. The first-order valence-electron chi connectivity index (χ1n) is 8.64. The van der Waals surface area contributed by atoms with Crippen LogP contribution in [0.25, 0.3) is 0 Å². The van der Waals surface area contributed by atoms with Crippen molar-refractivity contribution in [1.82, 2.24) is 5.23 Å². The number of nitrogens with zero attached hydrogens (tertiary/aromatic N) is 1. The summed E-state index contributed by atoms with van der Waals surface area (Å²) >= 11 is 0. The predicted octanol–water partition coefficient (Wildman–Crippen LogP) is 0.474. The van der Waals surface area contributed by atoms with Gasteiger partial charge in [-0.25, -0.2) is 4.79 Å². The molecule has 0 amide bonds. The van der Waals surface area contributed by atoms with Gasteiger partial charge in [-0.2, -0.15) is 0 Å². The molecule has 3 aliphatic rings. The van der Waals surface area contributed by atoms with Gasteiger partial charge in [0.15, 0.2) is 11.5 Å². The number of hydrogen-bond acceptors (Lipinski definition) is 9. The van der Waals surface area contributed by atoms with Crippen LogP contribution in [0, 0.1) is 23.2 Å². The Kier molecular flexibility index (Phi) is 4.74. The van der Waals surface area contributed by atoms with Gasteiger partial charge in [0.05, 0.1) is 33.5 Å². The molecule has 1 aliphatic carbocycles. The van der Waals surface area contributed by atoms with Crippen LogP contribution >= 0.6 is 0 Å². The summed E-state index contributed by atoms with van der Waals surface area (Å²) in [4.78, 5) is 49.0. The van der Waals surface area contributed by atoms with Crippen LogP contribution in [0.15, 0.2) is 0 Å². The molecule has 0 radical (unpaired) electrons. The van der Waals surface area contributed by atoms with Crippen molar-refractivity contribution in [3.63, 3.8) is 0 Å². The largest absolute Gasteiger partial charge is 0.468 e. The van der Waals surface area contributed by atoms with E-state index in [9.17, 15) is 14.4 Å². The Labute approximate surface area is 151 Å². The third-order valence-corrected chi connectivity index (χ3v) is 6.04. The summed E-state index contributed by atoms with van der Waals surface area (Å²) < 4.78 is 14.8. The van der Waals surface area contributed by atoms with Crippen molar-refractivity contribution >= 4 is 17.9 Å². The topological polar surface area (TPSA) is 101 Å². The molecule has 26 heavy (non-hydrogen) atoms. The average Bonchev–Trinajstić information content (AvgIpc) is 3.24. The SMILES string of the molecule is COC(=O)[C@H]1C[C@]23[C@H](CON2O1)CC(C(=O)OC)(C(=O)OC)[C@H]3C(C)C. The van der Waals surface area contributed by atoms with Crippen LogP contribution in [0.5, 0.6) is 0 Å². The van der Waals surface area contributed by atoms with Gasteiger partial charge in [-0.05, 0) is 12.3 Å². The maximum atomic E-state index is 12.8. The Morgan fingerprint density at radius 3 is 2.15 bits per heavy atom. The third-order valence-electron chi connectivity index (χ3n) is 6.04. The number of ether oxygens (including phenoxy) is 3. The van der Waals surface area contributed by atoms with Gasteiger partial charge in [0, 0.05) is 18.3 Å². The number of carbonyl (C=O) groups excluding carboxylic acids is 3. The van der Waals surface area contributed by atoms with Crippen molar-refractivity contribution in [2.24, 2.45) is 23.2 Å². The molecule has 0 bridgehead atoms. The van der Waals surface area contributed by atoms with Crippen molar-refractivity contribution in [1.29, 1.82) is 0 Å². The first kappa shape index (κ1) is 19.1. The highest BCUT2D eigenvalue weighted by Gasteiger charge is 2.77. The summed E-state index contributed by atoms with van der Waals surface area (Å²) in [5.41, 5.74) is -2.28. The van der Waals surface area contributed by atoms with Crippen LogP contribution in [0.3, 0.4) is 0 Å². The van der Waals surface area contributed by atoms with Crippen molar-refractivity contribution in [3.05, 3.63) is 0 Å². The van der Waals surface area contributed by atoms with Gasteiger partial charge < -0.3 is 14.2 Å². The van der Waals surface area contributed by atoms with E-state index < -0.39 is 40.9 Å². The molecule has 2 saturated heterocycles. The van der Waals surface area contributed by atoms with E-state index in [4.69, 9.17) is 23.9 Å². The van der Waals surface area contributed by atoms with E-state index in [0.29, 0.717) is 0 Å². The highest BCUT2D eigenvalue weighted by Crippen LogP contribution is 2.65. The van der Waals surface area contributed by atoms with Gasteiger partial charge in [0.2, 0.25) is 0 Å². The Hall–Kier alpha value is -1.71. The molecular formula is C17H25NO8. The molecule has 4 atom stereocenters. The summed E-state index contributed by atoms with van der Waals surface area (Å²) in [6.45, 7) is 4.13. The zero-order valence-corrected chi connectivity index (χ0v) is 15.6. The molecule has 2 aliphatic heterocycles. The van der Waals surface area contributed by atoms with Gasteiger partial charge in [-0.1, -0.05) is 19.1 Å². The van der Waals surface area contributed by atoms with Crippen LogP contribution in [-0.2, 0) is 38.3 Å². The molecule has 3 fully saturated rings. The zero-order chi connectivity index (χ0) is 19.3. The zero-order valence-electron chi connectivity index (χ0n) is 15.6. The second-order valence-corrected chi connectivity index (χ2v) is 7.44. The molecule has 3 rings (SSSR count). The molecule has 0 N–H and O–H groups in total. The van der Waals surface area contributed by atoms with Gasteiger partial charge in [0.1, 0.15) is 0 Å². The highest BCUT2D eigenvalue weighted by molar-refractivity contribution is 6.01. The molecule has 0 aromatic carbocycles. The summed E-state index contributed by atoms with van der Waals surface area (Å²) in [7, 11) is 3.80. The fourth-order valence-electron chi connectivity index (χ4n) is 5.34. The fraction of sp³-hybridized carbons (Fsp3) is 0.824. The lowest BCUT2D eigenvalue weighted by Crippen LogP contribution is -2.55. The molecule has 1 spiro atoms. The van der Waals surface area contributed by atoms with Crippen LogP contribution in [0.4, 0.5) is 0 Å². The smallest absolute Gasteiger partial charge is 0.337 e. The van der Waals surface area contributed by atoms with Crippen molar-refractivity contribution < 1.29 is 38.3 Å². The predicted molar refractivity (Wildman–Crippen MR) is 84.9 cm³/mol. The lowest BCUT2D eigenvalue weighted by atomic mass is 9.65. The van der Waals surface area contributed by atoms with E-state index in [2.05, 4.69) is 0 Å². The minimum absolute atomic E-state index is 0.109. The summed E-state index contributed by atoms with van der Waals surface area (Å²) in [6.07, 6.45) is -0.374. The van der Waals surface area contributed by atoms with Gasteiger partial charge in [-0.15, -0.1) is 0 Å². The van der Waals surface area contributed by atoms with E-state index in [1.165, 1.54) is 26.6 Å². The van der Waals surface area contributed by atoms with E-state index in [1.807, 2.05) is 13.8 Å².